The van der Waals surface area contributed by atoms with Crippen LogP contribution >= 0.6 is 11.3 Å². The SMILES string of the molecule is CCn1nc(C)cc1C(=O)Cc1cn2ccsc2n1. The number of aryl methyl sites for hydroxylation is 2. The maximum absolute atomic E-state index is 12.3. The Labute approximate surface area is 114 Å². The van der Waals surface area contributed by atoms with Crippen LogP contribution in [-0.2, 0) is 13.0 Å². The Kier molecular flexibility index (Phi) is 2.94. The smallest absolute Gasteiger partial charge is 0.193 e. The van der Waals surface area contributed by atoms with Crippen LogP contribution in [0.5, 0.6) is 0 Å². The third-order valence-corrected chi connectivity index (χ3v) is 3.74. The van der Waals surface area contributed by atoms with Gasteiger partial charge in [0, 0.05) is 24.3 Å². The van der Waals surface area contributed by atoms with Gasteiger partial charge in [0.15, 0.2) is 10.7 Å². The quantitative estimate of drug-likeness (QED) is 0.686. The highest BCUT2D eigenvalue weighted by atomic mass is 32.1. The van der Waals surface area contributed by atoms with Crippen molar-refractivity contribution in [2.75, 3.05) is 0 Å². The van der Waals surface area contributed by atoms with Gasteiger partial charge in [-0.3, -0.25) is 13.9 Å². The number of Topliss-reactive ketones (excluding diaryl/α,β-unsaturated/α-hetero) is 1. The van der Waals surface area contributed by atoms with E-state index in [0.717, 1.165) is 16.3 Å². The molecule has 0 aromatic carbocycles. The molecule has 0 amide bonds. The van der Waals surface area contributed by atoms with Gasteiger partial charge < -0.3 is 0 Å². The van der Waals surface area contributed by atoms with E-state index in [9.17, 15) is 4.79 Å². The minimum Gasteiger partial charge on any atom is -0.297 e. The van der Waals surface area contributed by atoms with Gasteiger partial charge in [0.2, 0.25) is 0 Å². The predicted molar refractivity (Wildman–Crippen MR) is 73.7 cm³/mol. The fourth-order valence-corrected chi connectivity index (χ4v) is 2.85. The van der Waals surface area contributed by atoms with Crippen LogP contribution in [0.2, 0.25) is 0 Å². The van der Waals surface area contributed by atoms with Crippen LogP contribution in [0.1, 0.15) is 28.8 Å². The second-order valence-corrected chi connectivity index (χ2v) is 5.28. The average molecular weight is 274 g/mol. The number of hydrogen-bond donors (Lipinski definition) is 0. The molecule has 0 radical (unpaired) electrons. The number of ketones is 1. The van der Waals surface area contributed by atoms with E-state index >= 15 is 0 Å². The van der Waals surface area contributed by atoms with Crippen molar-refractivity contribution >= 4 is 22.1 Å². The molecule has 3 heterocycles. The summed E-state index contributed by atoms with van der Waals surface area (Å²) in [4.78, 5) is 17.7. The number of hydrogen-bond acceptors (Lipinski definition) is 4. The van der Waals surface area contributed by atoms with E-state index in [-0.39, 0.29) is 5.78 Å². The Morgan fingerprint density at radius 1 is 1.47 bits per heavy atom. The number of aromatic nitrogens is 4. The van der Waals surface area contributed by atoms with Gasteiger partial charge in [-0.1, -0.05) is 0 Å². The molecule has 0 fully saturated rings. The van der Waals surface area contributed by atoms with Crippen LogP contribution < -0.4 is 0 Å². The summed E-state index contributed by atoms with van der Waals surface area (Å²) in [6, 6.07) is 1.84. The first-order valence-corrected chi connectivity index (χ1v) is 7.04. The van der Waals surface area contributed by atoms with Crippen LogP contribution in [0.4, 0.5) is 0 Å². The normalized spacial score (nSPS) is 11.3. The molecule has 0 saturated heterocycles. The number of rotatable bonds is 4. The first-order chi connectivity index (χ1) is 9.17. The molecule has 3 aromatic heterocycles. The summed E-state index contributed by atoms with van der Waals surface area (Å²) in [6.45, 7) is 4.58. The lowest BCUT2D eigenvalue weighted by molar-refractivity contribution is 0.0982. The first kappa shape index (κ1) is 12.1. The van der Waals surface area contributed by atoms with Gasteiger partial charge in [0.05, 0.1) is 17.8 Å². The van der Waals surface area contributed by atoms with Crippen molar-refractivity contribution in [3.05, 3.63) is 40.9 Å². The van der Waals surface area contributed by atoms with E-state index < -0.39 is 0 Å². The molecule has 3 rings (SSSR count). The van der Waals surface area contributed by atoms with Gasteiger partial charge in [-0.05, 0) is 19.9 Å². The van der Waals surface area contributed by atoms with E-state index in [0.29, 0.717) is 18.7 Å². The van der Waals surface area contributed by atoms with Crippen LogP contribution in [-0.4, -0.2) is 24.9 Å². The van der Waals surface area contributed by atoms with E-state index in [4.69, 9.17) is 0 Å². The van der Waals surface area contributed by atoms with Crippen molar-refractivity contribution in [1.29, 1.82) is 0 Å². The standard InChI is InChI=1S/C13H14N4OS/c1-3-17-11(6-9(2)15-17)12(18)7-10-8-16-4-5-19-13(16)14-10/h4-6,8H,3,7H2,1-2H3. The summed E-state index contributed by atoms with van der Waals surface area (Å²) < 4.78 is 3.69. The number of thiazole rings is 1. The lowest BCUT2D eigenvalue weighted by Crippen LogP contribution is -2.11. The number of fused-ring (bicyclic) bond motifs is 1. The zero-order chi connectivity index (χ0) is 13.4. The van der Waals surface area contributed by atoms with E-state index in [1.807, 2.05) is 42.1 Å². The van der Waals surface area contributed by atoms with E-state index in [2.05, 4.69) is 10.1 Å². The molecule has 0 bridgehead atoms. The van der Waals surface area contributed by atoms with E-state index in [1.165, 1.54) is 0 Å². The van der Waals surface area contributed by atoms with Gasteiger partial charge in [-0.15, -0.1) is 11.3 Å². The van der Waals surface area contributed by atoms with Crippen molar-refractivity contribution in [2.45, 2.75) is 26.8 Å². The molecular weight excluding hydrogens is 260 g/mol. The van der Waals surface area contributed by atoms with Gasteiger partial charge in [-0.25, -0.2) is 4.98 Å². The zero-order valence-corrected chi connectivity index (χ0v) is 11.6. The van der Waals surface area contributed by atoms with Crippen LogP contribution in [0.3, 0.4) is 0 Å². The van der Waals surface area contributed by atoms with Gasteiger partial charge >= 0.3 is 0 Å². The molecule has 19 heavy (non-hydrogen) atoms. The Bertz CT molecular complexity index is 708. The molecular formula is C13H14N4OS. The highest BCUT2D eigenvalue weighted by molar-refractivity contribution is 7.15. The predicted octanol–water partition coefficient (Wildman–Crippen LogP) is 2.35. The minimum absolute atomic E-state index is 0.0632. The second kappa shape index (κ2) is 4.62. The molecule has 0 unspecified atom stereocenters. The van der Waals surface area contributed by atoms with Crippen molar-refractivity contribution < 1.29 is 4.79 Å². The van der Waals surface area contributed by atoms with Crippen molar-refractivity contribution in [3.63, 3.8) is 0 Å². The van der Waals surface area contributed by atoms with E-state index in [1.54, 1.807) is 16.0 Å². The highest BCUT2D eigenvalue weighted by Crippen LogP contribution is 2.14. The molecule has 0 spiro atoms. The molecule has 0 aliphatic carbocycles. The molecule has 5 nitrogen and oxygen atoms in total. The first-order valence-electron chi connectivity index (χ1n) is 6.16. The Hall–Kier alpha value is -1.95. The summed E-state index contributed by atoms with van der Waals surface area (Å²) in [5.41, 5.74) is 2.34. The zero-order valence-electron chi connectivity index (χ0n) is 10.8. The molecule has 0 N–H and O–H groups in total. The molecule has 0 saturated carbocycles. The number of nitrogens with zero attached hydrogens (tertiary/aromatic N) is 4. The maximum Gasteiger partial charge on any atom is 0.193 e. The molecule has 0 aliphatic rings. The fraction of sp³-hybridized carbons (Fsp3) is 0.308. The van der Waals surface area contributed by atoms with Gasteiger partial charge in [0.25, 0.3) is 0 Å². The van der Waals surface area contributed by atoms with Crippen LogP contribution in [0.25, 0.3) is 4.96 Å². The summed E-state index contributed by atoms with van der Waals surface area (Å²) in [5, 5.41) is 6.27. The Balaban J connectivity index is 1.86. The second-order valence-electron chi connectivity index (χ2n) is 4.41. The lowest BCUT2D eigenvalue weighted by atomic mass is 10.1. The number of carbonyl (C=O) groups is 1. The fourth-order valence-electron chi connectivity index (χ4n) is 2.13. The monoisotopic (exact) mass is 274 g/mol. The van der Waals surface area contributed by atoms with Gasteiger partial charge in [0.1, 0.15) is 5.69 Å². The van der Waals surface area contributed by atoms with Crippen molar-refractivity contribution in [1.82, 2.24) is 19.2 Å². The topological polar surface area (TPSA) is 52.2 Å². The molecule has 98 valence electrons. The van der Waals surface area contributed by atoms with Crippen molar-refractivity contribution in [2.24, 2.45) is 0 Å². The summed E-state index contributed by atoms with van der Waals surface area (Å²) in [5.74, 6) is 0.0632. The number of imidazole rings is 1. The molecule has 3 aromatic rings. The summed E-state index contributed by atoms with van der Waals surface area (Å²) in [6.07, 6.45) is 4.17. The number of carbonyl (C=O) groups excluding carboxylic acids is 1. The van der Waals surface area contributed by atoms with Crippen LogP contribution in [0.15, 0.2) is 23.8 Å². The van der Waals surface area contributed by atoms with Gasteiger partial charge in [-0.2, -0.15) is 5.10 Å². The molecule has 0 atom stereocenters. The third kappa shape index (κ3) is 2.19. The lowest BCUT2D eigenvalue weighted by Gasteiger charge is -2.01. The Morgan fingerprint density at radius 3 is 3.05 bits per heavy atom. The Morgan fingerprint density at radius 2 is 2.32 bits per heavy atom. The molecule has 0 aliphatic heterocycles. The maximum atomic E-state index is 12.3. The third-order valence-electron chi connectivity index (χ3n) is 2.97. The van der Waals surface area contributed by atoms with Crippen molar-refractivity contribution in [3.8, 4) is 0 Å². The molecule has 6 heteroatoms. The van der Waals surface area contributed by atoms with Crippen LogP contribution in [0, 0.1) is 6.92 Å². The largest absolute Gasteiger partial charge is 0.297 e. The summed E-state index contributed by atoms with van der Waals surface area (Å²) in [7, 11) is 0. The average Bonchev–Trinajstić information content (AvgIpc) is 3.02. The highest BCUT2D eigenvalue weighted by Gasteiger charge is 2.15. The minimum atomic E-state index is 0.0632. The summed E-state index contributed by atoms with van der Waals surface area (Å²) >= 11 is 1.57.